The predicted molar refractivity (Wildman–Crippen MR) is 334 cm³/mol. The number of aromatic amines is 1. The molecule has 0 spiro atoms. The van der Waals surface area contributed by atoms with Gasteiger partial charge < -0.3 is 28.6 Å². The molecule has 6 aliphatic heterocycles. The van der Waals surface area contributed by atoms with Crippen molar-refractivity contribution in [3.05, 3.63) is 85.1 Å². The van der Waals surface area contributed by atoms with Gasteiger partial charge in [-0.25, -0.2) is 31.4 Å². The number of hydrogen-bond donors (Lipinski definition) is 7. The van der Waals surface area contributed by atoms with Gasteiger partial charge in [-0.3, -0.25) is 15.3 Å². The number of nitrogens with one attached hydrogen (secondary N) is 7. The Morgan fingerprint density at radius 3 is 1.27 bits per heavy atom. The van der Waals surface area contributed by atoms with Gasteiger partial charge >= 0.3 is 5.97 Å². The second-order valence-electron chi connectivity index (χ2n) is 25.7. The quantitative estimate of drug-likeness (QED) is 0.0944. The molecule has 0 unspecified atom stereocenters. The Balaban J connectivity index is 0. The summed E-state index contributed by atoms with van der Waals surface area (Å²) in [5.74, 6) is 6.27. The number of esters is 1. The van der Waals surface area contributed by atoms with Gasteiger partial charge in [-0.1, -0.05) is 191 Å². The fourth-order valence-electron chi connectivity index (χ4n) is 4.45. The average Bonchev–Trinajstić information content (AvgIpc) is 4.10. The van der Waals surface area contributed by atoms with Gasteiger partial charge in [0.25, 0.3) is 0 Å². The minimum Gasteiger partial charge on any atom is -0.469 e. The van der Waals surface area contributed by atoms with Gasteiger partial charge in [-0.05, 0) is 33.9 Å². The largest absolute Gasteiger partial charge is 0.469 e. The zero-order valence-corrected chi connectivity index (χ0v) is 53.6. The van der Waals surface area contributed by atoms with Crippen LogP contribution in [0.2, 0.25) is 0 Å². The van der Waals surface area contributed by atoms with Gasteiger partial charge in [0, 0.05) is 61.8 Å². The summed E-state index contributed by atoms with van der Waals surface area (Å²) in [6.07, 6.45) is 1.53. The van der Waals surface area contributed by atoms with E-state index in [0.717, 1.165) is 43.5 Å². The van der Waals surface area contributed by atoms with E-state index in [1.807, 2.05) is 62.3 Å². The number of nitrogens with zero attached hydrogens (tertiary/aromatic N) is 8. The second kappa shape index (κ2) is 30.6. The molecule has 0 atom stereocenters. The van der Waals surface area contributed by atoms with E-state index in [2.05, 4.69) is 225 Å². The number of hydroxylamine groups is 2. The highest BCUT2D eigenvalue weighted by Gasteiger charge is 2.29. The van der Waals surface area contributed by atoms with Gasteiger partial charge in [0.05, 0.1) is 17.6 Å². The number of methoxy groups -OCH3 is 1. The summed E-state index contributed by atoms with van der Waals surface area (Å²) in [7, 11) is 1.40. The molecule has 6 aliphatic rings. The van der Waals surface area contributed by atoms with Gasteiger partial charge in [-0.15, -0.1) is 5.10 Å². The standard InChI is InChI=1S/3C7H12N2O.3C7H12N2S.C6H11N3.C6H12O2.CH4/c1-5-8-9-6(10-5)7(2,3)4;1-5-8-6(9-10-5)7(2,3)4;1-5-8-6(10-9-5)7(2,3)4;1-5-8-9-6(10-5)7(2,3)4;1-5-8-6(9-10-5)7(2,3)4;1-5-8-6(10-9-5)7(2,3)4;1-6(2,3)5-7-4-8-9-5;1-6(2,3)5(7)8-4;/h8H,1H2,2-4H3;1H2,2-4H3,(H,8,9);9H,1H2,2-4H3;8H,1H2,2-4H3;1H2,2-4H3,(H,8,9);9H,1H2,2-4H3;4H,1-3H3,(H,7,8,9);1-4H3;1H4. The maximum absolute atomic E-state index is 10.6. The number of thioether (sulfide) groups is 1. The second-order valence-corrected chi connectivity index (χ2v) is 28.4. The normalized spacial score (nSPS) is 16.6. The molecule has 20 nitrogen and oxygen atoms in total. The SMILES string of the molecule is C.C=C1N=C(C(C)(C)C)NO1.C=C1N=C(C(C)(C)C)NS1.C=C1N=C(C(C)(C)C)ON1.C=C1N=C(C(C)(C)C)SN1.C=C1NN=C(C(C)(C)C)O1.C=C1NN=C(C(C)(C)C)S1.CC(C)(C)c1ncn[nH]1.COC(=O)C(C)(C)C. The Morgan fingerprint density at radius 1 is 0.551 bits per heavy atom. The van der Waals surface area contributed by atoms with Crippen LogP contribution in [0.1, 0.15) is 179 Å². The number of ether oxygens (including phenoxy) is 2. The summed E-state index contributed by atoms with van der Waals surface area (Å²) in [6.45, 7) is 71.2. The van der Waals surface area contributed by atoms with E-state index in [4.69, 9.17) is 14.4 Å². The first-order valence-electron chi connectivity index (χ1n) is 24.8. The van der Waals surface area contributed by atoms with Gasteiger partial charge in [-0.2, -0.15) is 20.2 Å². The van der Waals surface area contributed by atoms with Crippen LogP contribution in [0.25, 0.3) is 0 Å². The zero-order chi connectivity index (χ0) is 60.3. The molecule has 0 saturated carbocycles. The van der Waals surface area contributed by atoms with Crippen LogP contribution in [0.5, 0.6) is 0 Å². The molecule has 442 valence electrons. The number of aliphatic imine (C=N–C) groups is 4. The Bertz CT molecular complexity index is 2180. The van der Waals surface area contributed by atoms with Crippen LogP contribution in [0.3, 0.4) is 0 Å². The molecule has 7 N–H and O–H groups in total. The maximum atomic E-state index is 10.6. The molecule has 0 fully saturated rings. The number of rotatable bonds is 0. The highest BCUT2D eigenvalue weighted by Crippen LogP contribution is 2.32. The maximum Gasteiger partial charge on any atom is 0.310 e. The van der Waals surface area contributed by atoms with Crippen molar-refractivity contribution in [2.45, 2.75) is 179 Å². The van der Waals surface area contributed by atoms with E-state index in [9.17, 15) is 4.79 Å². The number of hydrazone groups is 2. The average molecular weight is 1150 g/mol. The number of aromatic nitrogens is 3. The van der Waals surface area contributed by atoms with Crippen LogP contribution in [0.4, 0.5) is 0 Å². The first-order valence-corrected chi connectivity index (χ1v) is 27.2. The molecule has 1 aromatic heterocycles. The molecule has 1 aromatic rings. The van der Waals surface area contributed by atoms with E-state index in [1.165, 1.54) is 25.4 Å². The lowest BCUT2D eigenvalue weighted by Gasteiger charge is -2.16. The molecule has 0 bridgehead atoms. The molecule has 0 amide bonds. The summed E-state index contributed by atoms with van der Waals surface area (Å²) in [6, 6.07) is 0. The smallest absolute Gasteiger partial charge is 0.310 e. The highest BCUT2D eigenvalue weighted by atomic mass is 32.2. The first-order chi connectivity index (χ1) is 34.6. The fraction of sp³-hybridized carbons (Fsp3) is 0.618. The van der Waals surface area contributed by atoms with Crippen molar-refractivity contribution in [1.82, 2.24) is 46.4 Å². The van der Waals surface area contributed by atoms with Crippen LogP contribution in [0.15, 0.2) is 109 Å². The molecule has 0 saturated heterocycles. The lowest BCUT2D eigenvalue weighted by Crippen LogP contribution is -2.30. The third kappa shape index (κ3) is 30.5. The number of H-pyrrole nitrogens is 1. The first kappa shape index (κ1) is 74.4. The Hall–Kier alpha value is -5.68. The van der Waals surface area contributed by atoms with E-state index >= 15 is 0 Å². The summed E-state index contributed by atoms with van der Waals surface area (Å²) < 4.78 is 15.8. The van der Waals surface area contributed by atoms with Crippen molar-refractivity contribution in [3.8, 4) is 0 Å². The molecule has 0 radical (unpaired) electrons. The van der Waals surface area contributed by atoms with Crippen molar-refractivity contribution in [1.29, 1.82) is 0 Å². The monoisotopic (exact) mass is 1150 g/mol. The van der Waals surface area contributed by atoms with Crippen LogP contribution in [-0.2, 0) is 29.4 Å². The topological polar surface area (TPSA) is 242 Å². The van der Waals surface area contributed by atoms with Gasteiger partial charge in [0.2, 0.25) is 23.6 Å². The summed E-state index contributed by atoms with van der Waals surface area (Å²) >= 11 is 4.66. The van der Waals surface area contributed by atoms with Crippen molar-refractivity contribution >= 4 is 75.2 Å². The Morgan fingerprint density at radius 2 is 1.09 bits per heavy atom. The highest BCUT2D eigenvalue weighted by molar-refractivity contribution is 8.17. The van der Waals surface area contributed by atoms with Crippen molar-refractivity contribution in [3.63, 3.8) is 0 Å². The molecular weight excluding hydrogens is 1050 g/mol. The predicted octanol–water partition coefficient (Wildman–Crippen LogP) is 13.7. The summed E-state index contributed by atoms with van der Waals surface area (Å²) in [5.41, 5.74) is 10.9. The van der Waals surface area contributed by atoms with Crippen LogP contribution in [-0.4, -0.2) is 61.8 Å². The van der Waals surface area contributed by atoms with Crippen molar-refractivity contribution in [2.75, 3.05) is 7.11 Å². The van der Waals surface area contributed by atoms with Crippen LogP contribution in [0, 0.1) is 37.9 Å². The minimum atomic E-state index is -0.352. The van der Waals surface area contributed by atoms with Crippen molar-refractivity contribution in [2.24, 2.45) is 68.1 Å². The molecule has 7 heterocycles. The molecule has 7 rings (SSSR count). The number of hydrogen-bond acceptors (Lipinski definition) is 22. The van der Waals surface area contributed by atoms with Crippen LogP contribution >= 0.6 is 35.7 Å². The summed E-state index contributed by atoms with van der Waals surface area (Å²) in [5, 5.41) is 18.6. The Kier molecular flexibility index (Phi) is 29.2. The van der Waals surface area contributed by atoms with Crippen molar-refractivity contribution < 1.29 is 23.9 Å². The Labute approximate surface area is 482 Å². The summed E-state index contributed by atoms with van der Waals surface area (Å²) in [4.78, 5) is 41.1. The fourth-order valence-corrected chi connectivity index (χ4v) is 6.60. The third-order valence-electron chi connectivity index (χ3n) is 8.92. The molecule has 0 aromatic carbocycles. The lowest BCUT2D eigenvalue weighted by atomic mass is 9.95. The van der Waals surface area contributed by atoms with E-state index < -0.39 is 0 Å². The molecule has 23 heteroatoms. The molecule has 78 heavy (non-hydrogen) atoms. The third-order valence-corrected chi connectivity index (χ3v) is 12.0. The lowest BCUT2D eigenvalue weighted by molar-refractivity contribution is -0.149. The van der Waals surface area contributed by atoms with E-state index in [-0.39, 0.29) is 56.7 Å². The molecular formula is C55H99N15O5S3. The number of carbonyl (C=O) groups is 1. The van der Waals surface area contributed by atoms with E-state index in [1.54, 1.807) is 23.7 Å². The van der Waals surface area contributed by atoms with Gasteiger partial charge in [0.15, 0.2) is 5.82 Å². The minimum absolute atomic E-state index is 0. The van der Waals surface area contributed by atoms with E-state index in [0.29, 0.717) is 29.4 Å². The van der Waals surface area contributed by atoms with Gasteiger partial charge in [0.1, 0.15) is 44.8 Å². The molecule has 0 aliphatic carbocycles. The zero-order valence-electron chi connectivity index (χ0n) is 51.2. The van der Waals surface area contributed by atoms with Crippen LogP contribution < -0.4 is 31.3 Å². The number of carbonyl (C=O) groups excluding carboxylic acids is 1. The number of amidine groups is 2.